The Kier molecular flexibility index (Phi) is 5.48. The van der Waals surface area contributed by atoms with Crippen LogP contribution in [0.25, 0.3) is 27.7 Å². The highest BCUT2D eigenvalue weighted by atomic mass is 32.3. The van der Waals surface area contributed by atoms with Crippen molar-refractivity contribution in [2.24, 2.45) is 0 Å². The van der Waals surface area contributed by atoms with Crippen molar-refractivity contribution in [1.82, 2.24) is 9.88 Å². The lowest BCUT2D eigenvalue weighted by Crippen LogP contribution is -2.35. The number of benzene rings is 3. The third kappa shape index (κ3) is 4.39. The van der Waals surface area contributed by atoms with Gasteiger partial charge in [0.2, 0.25) is 0 Å². The molecular formula is C26H25FN2O3S. The van der Waals surface area contributed by atoms with Crippen LogP contribution in [0.1, 0.15) is 22.3 Å². The highest BCUT2D eigenvalue weighted by molar-refractivity contribution is 8.24. The molecule has 1 aliphatic heterocycles. The van der Waals surface area contributed by atoms with Gasteiger partial charge < -0.3 is 9.88 Å². The molecule has 1 fully saturated rings. The summed E-state index contributed by atoms with van der Waals surface area (Å²) < 4.78 is 35.2. The lowest BCUT2D eigenvalue weighted by atomic mass is 10.0. The Morgan fingerprint density at radius 2 is 1.88 bits per heavy atom. The maximum Gasteiger partial charge on any atom is 0.251 e. The zero-order valence-electron chi connectivity index (χ0n) is 18.2. The van der Waals surface area contributed by atoms with Gasteiger partial charge in [0.05, 0.1) is 11.3 Å². The van der Waals surface area contributed by atoms with Crippen LogP contribution in [0.3, 0.4) is 0 Å². The van der Waals surface area contributed by atoms with Gasteiger partial charge in [-0.05, 0) is 55.3 Å². The van der Waals surface area contributed by atoms with E-state index in [1.54, 1.807) is 18.2 Å². The molecule has 170 valence electrons. The van der Waals surface area contributed by atoms with Crippen molar-refractivity contribution in [3.05, 3.63) is 89.9 Å². The first-order valence-corrected chi connectivity index (χ1v) is 12.7. The molecule has 5 rings (SSSR count). The fraction of sp³-hybridized carbons (Fsp3) is 0.192. The van der Waals surface area contributed by atoms with E-state index >= 15 is 0 Å². The Morgan fingerprint density at radius 3 is 2.58 bits per heavy atom. The molecule has 0 aliphatic carbocycles. The van der Waals surface area contributed by atoms with Gasteiger partial charge in [0.25, 0.3) is 5.91 Å². The number of carbonyl (C=O) groups excluding carboxylic acids is 1. The summed E-state index contributed by atoms with van der Waals surface area (Å²) in [5.74, 6) is -0.0333. The molecule has 1 amide bonds. The first-order valence-electron chi connectivity index (χ1n) is 10.8. The molecule has 1 saturated heterocycles. The van der Waals surface area contributed by atoms with Crippen molar-refractivity contribution in [1.29, 1.82) is 0 Å². The molecule has 33 heavy (non-hydrogen) atoms. The minimum absolute atomic E-state index is 0.199. The number of nitrogens with one attached hydrogen (secondary N) is 1. The monoisotopic (exact) mass is 464 g/mol. The molecule has 1 atom stereocenters. The van der Waals surface area contributed by atoms with E-state index in [0.717, 1.165) is 33.3 Å². The number of halogens is 1. The van der Waals surface area contributed by atoms with Crippen LogP contribution < -0.4 is 5.32 Å². The summed E-state index contributed by atoms with van der Waals surface area (Å²) in [5.41, 5.74) is 5.35. The van der Waals surface area contributed by atoms with Crippen LogP contribution in [-0.4, -0.2) is 37.1 Å². The second-order valence-electron chi connectivity index (χ2n) is 8.62. The number of aromatic nitrogens is 1. The maximum atomic E-state index is 13.6. The number of nitrogens with zero attached hydrogens (tertiary/aromatic N) is 1. The molecule has 0 saturated carbocycles. The average Bonchev–Trinajstić information content (AvgIpc) is 3.33. The molecular weight excluding hydrogens is 439 g/mol. The number of hydrogen-bond donors (Lipinski definition) is 3. The van der Waals surface area contributed by atoms with Crippen LogP contribution in [-0.2, 0) is 0 Å². The van der Waals surface area contributed by atoms with Crippen LogP contribution in [0, 0.1) is 12.7 Å². The van der Waals surface area contributed by atoms with Gasteiger partial charge in [0.15, 0.2) is 0 Å². The topological polar surface area (TPSA) is 74.5 Å². The van der Waals surface area contributed by atoms with Crippen molar-refractivity contribution in [3.63, 3.8) is 0 Å². The lowest BCUT2D eigenvalue weighted by Gasteiger charge is -2.26. The summed E-state index contributed by atoms with van der Waals surface area (Å²) in [6.45, 7) is 2.04. The first kappa shape index (κ1) is 21.7. The van der Waals surface area contributed by atoms with Crippen molar-refractivity contribution in [2.75, 3.05) is 11.5 Å². The number of carbonyl (C=O) groups is 1. The van der Waals surface area contributed by atoms with Gasteiger partial charge in [-0.15, -0.1) is 0 Å². The van der Waals surface area contributed by atoms with Crippen LogP contribution in [0.5, 0.6) is 0 Å². The fourth-order valence-corrected chi connectivity index (χ4v) is 6.15. The van der Waals surface area contributed by atoms with Crippen LogP contribution in [0.4, 0.5) is 4.39 Å². The number of hydrogen-bond acceptors (Lipinski definition) is 3. The summed E-state index contributed by atoms with van der Waals surface area (Å²) in [5, 5.41) is 3.91. The van der Waals surface area contributed by atoms with E-state index in [0.29, 0.717) is 17.7 Å². The fourth-order valence-electron chi connectivity index (χ4n) is 4.43. The quantitative estimate of drug-likeness (QED) is 0.347. The molecule has 3 aromatic carbocycles. The van der Waals surface area contributed by atoms with Gasteiger partial charge in [-0.25, -0.2) is 4.39 Å². The smallest absolute Gasteiger partial charge is 0.251 e. The van der Waals surface area contributed by atoms with Crippen molar-refractivity contribution >= 4 is 27.4 Å². The van der Waals surface area contributed by atoms with Gasteiger partial charge in [0.1, 0.15) is 5.82 Å². The predicted octanol–water partition coefficient (Wildman–Crippen LogP) is 6.00. The molecule has 7 heteroatoms. The van der Waals surface area contributed by atoms with Crippen molar-refractivity contribution in [3.8, 4) is 16.8 Å². The van der Waals surface area contributed by atoms with Gasteiger partial charge in [0, 0.05) is 40.2 Å². The SMILES string of the molecule is Cc1cccc(-c2cn(-c3ccc(F)cc3)c3cc(C(=O)NC4CCS(O)(O)C4)ccc23)c1. The summed E-state index contributed by atoms with van der Waals surface area (Å²) in [4.78, 5) is 12.9. The van der Waals surface area contributed by atoms with Gasteiger partial charge in [-0.2, -0.15) is 10.6 Å². The Morgan fingerprint density at radius 1 is 1.09 bits per heavy atom. The van der Waals surface area contributed by atoms with Gasteiger partial charge in [-0.3, -0.25) is 13.9 Å². The number of aryl methyl sites for hydroxylation is 1. The zero-order valence-corrected chi connectivity index (χ0v) is 19.0. The Hall–Kier alpha value is -3.13. The van der Waals surface area contributed by atoms with E-state index in [9.17, 15) is 18.3 Å². The standard InChI is InChI=1S/C26H25FN2O3S/c1-17-3-2-4-18(13-17)24-15-29(22-8-6-20(27)7-9-22)25-14-19(5-10-23(24)25)26(30)28-21-11-12-33(31,32)16-21/h2-10,13-15,21,31-32H,11-12,16H2,1H3,(H,28,30). The van der Waals surface area contributed by atoms with E-state index in [2.05, 4.69) is 17.4 Å². The van der Waals surface area contributed by atoms with Crippen LogP contribution >= 0.6 is 10.6 Å². The van der Waals surface area contributed by atoms with Crippen LogP contribution in [0.15, 0.2) is 72.9 Å². The molecule has 0 radical (unpaired) electrons. The highest BCUT2D eigenvalue weighted by Crippen LogP contribution is 2.45. The second-order valence-corrected chi connectivity index (χ2v) is 11.0. The summed E-state index contributed by atoms with van der Waals surface area (Å²) in [6.07, 6.45) is 2.57. The minimum Gasteiger partial charge on any atom is -0.348 e. The lowest BCUT2D eigenvalue weighted by molar-refractivity contribution is 0.0941. The van der Waals surface area contributed by atoms with Gasteiger partial charge in [-0.1, -0.05) is 35.9 Å². The van der Waals surface area contributed by atoms with Crippen molar-refractivity contribution in [2.45, 2.75) is 19.4 Å². The summed E-state index contributed by atoms with van der Waals surface area (Å²) in [6, 6.07) is 19.8. The maximum absolute atomic E-state index is 13.6. The van der Waals surface area contributed by atoms with Gasteiger partial charge >= 0.3 is 0 Å². The van der Waals surface area contributed by atoms with E-state index in [1.165, 1.54) is 12.1 Å². The van der Waals surface area contributed by atoms with Crippen LogP contribution in [0.2, 0.25) is 0 Å². The third-order valence-electron chi connectivity index (χ3n) is 6.10. The number of amides is 1. The molecule has 3 N–H and O–H groups in total. The second kappa shape index (κ2) is 8.33. The third-order valence-corrected chi connectivity index (χ3v) is 7.92. The molecule has 1 aromatic heterocycles. The minimum atomic E-state index is -2.58. The molecule has 4 aromatic rings. The first-order chi connectivity index (χ1) is 15.8. The van der Waals surface area contributed by atoms with E-state index in [1.807, 2.05) is 42.0 Å². The molecule has 2 heterocycles. The summed E-state index contributed by atoms with van der Waals surface area (Å²) >= 11 is 0. The Bertz CT molecular complexity index is 1350. The van der Waals surface area contributed by atoms with E-state index < -0.39 is 10.6 Å². The highest BCUT2D eigenvalue weighted by Gasteiger charge is 2.29. The van der Waals surface area contributed by atoms with E-state index in [4.69, 9.17) is 0 Å². The molecule has 1 aliphatic rings. The Balaban J connectivity index is 1.58. The summed E-state index contributed by atoms with van der Waals surface area (Å²) in [7, 11) is -2.58. The number of rotatable bonds is 4. The zero-order chi connectivity index (χ0) is 23.2. The molecule has 0 spiro atoms. The normalized spacial score (nSPS) is 18.4. The predicted molar refractivity (Wildman–Crippen MR) is 132 cm³/mol. The average molecular weight is 465 g/mol. The molecule has 0 bridgehead atoms. The Labute approximate surface area is 193 Å². The number of fused-ring (bicyclic) bond motifs is 1. The van der Waals surface area contributed by atoms with Crippen molar-refractivity contribution < 1.29 is 18.3 Å². The largest absolute Gasteiger partial charge is 0.348 e. The van der Waals surface area contributed by atoms with E-state index in [-0.39, 0.29) is 23.5 Å². The molecule has 5 nitrogen and oxygen atoms in total. The molecule has 1 unspecified atom stereocenters.